The molecule has 0 aromatic carbocycles. The molecule has 3 heterocycles. The van der Waals surface area contributed by atoms with Crippen molar-refractivity contribution in [2.45, 2.75) is 37.2 Å². The van der Waals surface area contributed by atoms with Crippen molar-refractivity contribution in [3.8, 4) is 0 Å². The number of pyridine rings is 1. The number of carbonyl (C=O) groups excluding carboxylic acids is 1. The quantitative estimate of drug-likeness (QED) is 0.834. The molecule has 1 spiro atoms. The average molecular weight is 311 g/mol. The van der Waals surface area contributed by atoms with E-state index in [9.17, 15) is 18.7 Å². The normalized spacial score (nSPS) is 24.1. The predicted octanol–water partition coefficient (Wildman–Crippen LogP) is 1.70. The van der Waals surface area contributed by atoms with Gasteiger partial charge in [0, 0.05) is 25.2 Å². The summed E-state index contributed by atoms with van der Waals surface area (Å²) in [4.78, 5) is 15.9. The topological polar surface area (TPSA) is 65.5 Å². The third kappa shape index (κ3) is 2.90. The van der Waals surface area contributed by atoms with Crippen LogP contribution in [0.4, 0.5) is 13.6 Å². The van der Waals surface area contributed by atoms with Crippen molar-refractivity contribution < 1.29 is 23.4 Å². The van der Waals surface area contributed by atoms with E-state index in [4.69, 9.17) is 4.74 Å². The Bertz CT molecular complexity index is 542. The van der Waals surface area contributed by atoms with Gasteiger partial charge in [0.25, 0.3) is 6.43 Å². The van der Waals surface area contributed by atoms with E-state index in [0.717, 1.165) is 12.0 Å². The van der Waals surface area contributed by atoms with Crippen LogP contribution in [0.3, 0.4) is 0 Å². The summed E-state index contributed by atoms with van der Waals surface area (Å²) >= 11 is 0. The van der Waals surface area contributed by atoms with E-state index in [0.29, 0.717) is 32.5 Å². The minimum atomic E-state index is -2.56. The Kier molecular flexibility index (Phi) is 3.99. The monoisotopic (exact) mass is 311 g/mol. The van der Waals surface area contributed by atoms with E-state index in [-0.39, 0.29) is 17.2 Å². The molecule has 7 heteroatoms. The molecule has 2 aliphatic rings. The van der Waals surface area contributed by atoms with Crippen molar-refractivity contribution >= 4 is 6.09 Å². The lowest BCUT2D eigenvalue weighted by molar-refractivity contribution is -0.268. The van der Waals surface area contributed by atoms with Gasteiger partial charge in [-0.25, -0.2) is 8.78 Å². The van der Waals surface area contributed by atoms with Crippen molar-refractivity contribution in [2.24, 2.45) is 0 Å². The van der Waals surface area contributed by atoms with Crippen LogP contribution in [0, 0.1) is 0 Å². The second-order valence-electron chi connectivity index (χ2n) is 5.97. The second kappa shape index (κ2) is 5.79. The Morgan fingerprint density at radius 1 is 1.41 bits per heavy atom. The highest BCUT2D eigenvalue weighted by Crippen LogP contribution is 2.42. The first-order valence-corrected chi connectivity index (χ1v) is 7.33. The zero-order valence-corrected chi connectivity index (χ0v) is 12.0. The number of nitrogens with zero attached hydrogens (tertiary/aromatic N) is 2. The van der Waals surface area contributed by atoms with E-state index < -0.39 is 12.5 Å². The molecule has 5 nitrogen and oxygen atoms in total. The predicted molar refractivity (Wildman–Crippen MR) is 71.4 cm³/mol. The van der Waals surface area contributed by atoms with E-state index in [1.807, 2.05) is 0 Å². The van der Waals surface area contributed by atoms with Gasteiger partial charge in [-0.15, -0.1) is 0 Å². The number of piperidine rings is 1. The zero-order valence-electron chi connectivity index (χ0n) is 12.0. The highest BCUT2D eigenvalue weighted by atomic mass is 19.3. The van der Waals surface area contributed by atoms with Crippen LogP contribution in [0.25, 0.3) is 0 Å². The van der Waals surface area contributed by atoms with Crippen molar-refractivity contribution in [1.29, 1.82) is 0 Å². The molecule has 0 bridgehead atoms. The number of halogens is 2. The molecule has 2 aliphatic heterocycles. The molecule has 1 amide bonds. The van der Waals surface area contributed by atoms with Crippen LogP contribution in [-0.2, 0) is 4.74 Å². The molecule has 1 atom stereocenters. The molecule has 1 aromatic rings. The first-order chi connectivity index (χ1) is 10.5. The second-order valence-corrected chi connectivity index (χ2v) is 5.97. The fraction of sp³-hybridized carbons (Fsp3) is 0.600. The molecule has 120 valence electrons. The zero-order chi connectivity index (χ0) is 15.7. The van der Waals surface area contributed by atoms with E-state index in [2.05, 4.69) is 4.98 Å². The summed E-state index contributed by atoms with van der Waals surface area (Å²) < 4.78 is 31.0. The highest BCUT2D eigenvalue weighted by molar-refractivity contribution is 5.62. The van der Waals surface area contributed by atoms with Crippen LogP contribution < -0.4 is 5.11 Å². The molecule has 0 N–H and O–H groups in total. The van der Waals surface area contributed by atoms with Gasteiger partial charge < -0.3 is 19.5 Å². The van der Waals surface area contributed by atoms with Gasteiger partial charge in [-0.1, -0.05) is 6.07 Å². The summed E-state index contributed by atoms with van der Waals surface area (Å²) in [7, 11) is 0. The third-order valence-corrected chi connectivity index (χ3v) is 4.65. The van der Waals surface area contributed by atoms with Crippen LogP contribution in [0.15, 0.2) is 18.3 Å². The van der Waals surface area contributed by atoms with Gasteiger partial charge in [-0.3, -0.25) is 4.98 Å². The number of carbonyl (C=O) groups is 1. The lowest BCUT2D eigenvalue weighted by Crippen LogP contribution is -2.50. The van der Waals surface area contributed by atoms with Crippen LogP contribution in [0.5, 0.6) is 0 Å². The van der Waals surface area contributed by atoms with Gasteiger partial charge in [0.15, 0.2) is 0 Å². The number of hydrogen-bond acceptors (Lipinski definition) is 4. The number of amides is 1. The minimum absolute atomic E-state index is 0.119. The molecule has 1 aromatic heterocycles. The maximum atomic E-state index is 12.5. The number of ether oxygens (including phenoxy) is 1. The van der Waals surface area contributed by atoms with Crippen LogP contribution in [0.2, 0.25) is 0 Å². The van der Waals surface area contributed by atoms with Crippen LogP contribution in [0.1, 0.15) is 42.9 Å². The third-order valence-electron chi connectivity index (χ3n) is 4.65. The number of likely N-dealkylation sites (tertiary alicyclic amines) is 1. The van der Waals surface area contributed by atoms with Gasteiger partial charge in [0.05, 0.1) is 12.2 Å². The van der Waals surface area contributed by atoms with Gasteiger partial charge in [0.1, 0.15) is 11.8 Å². The summed E-state index contributed by atoms with van der Waals surface area (Å²) in [5, 5.41) is 10.8. The van der Waals surface area contributed by atoms with Crippen molar-refractivity contribution in [1.82, 2.24) is 9.88 Å². The Balaban J connectivity index is 1.64. The molecule has 22 heavy (non-hydrogen) atoms. The standard InChI is InChI=1S/C15H18F2N2O3/c16-13(17)12-2-1-10(8-18-12)11-7-15(22-9-11)3-5-19(6-4-15)14(20)21/h1-2,8,11,13H,3-7,9H2,(H,20,21)/p-1. The maximum absolute atomic E-state index is 12.5. The minimum Gasteiger partial charge on any atom is -0.530 e. The molecule has 0 radical (unpaired) electrons. The molecule has 1 unspecified atom stereocenters. The lowest BCUT2D eigenvalue weighted by Gasteiger charge is -2.39. The van der Waals surface area contributed by atoms with Crippen LogP contribution in [-0.4, -0.2) is 41.3 Å². The fourth-order valence-corrected chi connectivity index (χ4v) is 3.29. The van der Waals surface area contributed by atoms with Crippen molar-refractivity contribution in [3.05, 3.63) is 29.6 Å². The highest BCUT2D eigenvalue weighted by Gasteiger charge is 2.43. The van der Waals surface area contributed by atoms with Gasteiger partial charge in [-0.05, 0) is 30.9 Å². The average Bonchev–Trinajstić information content (AvgIpc) is 2.91. The lowest BCUT2D eigenvalue weighted by atomic mass is 9.83. The number of rotatable bonds is 2. The Morgan fingerprint density at radius 3 is 2.68 bits per heavy atom. The summed E-state index contributed by atoms with van der Waals surface area (Å²) in [6, 6.07) is 3.03. The largest absolute Gasteiger partial charge is 0.530 e. The van der Waals surface area contributed by atoms with Crippen molar-refractivity contribution in [3.63, 3.8) is 0 Å². The molecule has 3 rings (SSSR count). The molecule has 2 fully saturated rings. The van der Waals surface area contributed by atoms with Crippen LogP contribution >= 0.6 is 0 Å². The summed E-state index contributed by atoms with van der Waals surface area (Å²) in [5.41, 5.74) is 0.362. The van der Waals surface area contributed by atoms with E-state index >= 15 is 0 Å². The van der Waals surface area contributed by atoms with Gasteiger partial charge >= 0.3 is 0 Å². The molecular formula is C15H17F2N2O3-. The molecule has 0 aliphatic carbocycles. The number of alkyl halides is 2. The number of hydrogen-bond donors (Lipinski definition) is 0. The summed E-state index contributed by atoms with van der Waals surface area (Å²) in [6.07, 6.45) is -0.167. The Labute approximate surface area is 126 Å². The van der Waals surface area contributed by atoms with Crippen molar-refractivity contribution in [2.75, 3.05) is 19.7 Å². The number of aromatic nitrogens is 1. The summed E-state index contributed by atoms with van der Waals surface area (Å²) in [5.74, 6) is 0.119. The van der Waals surface area contributed by atoms with E-state index in [1.165, 1.54) is 17.2 Å². The molecule has 0 saturated carbocycles. The Hall–Kier alpha value is -1.76. The smallest absolute Gasteiger partial charge is 0.280 e. The van der Waals surface area contributed by atoms with Gasteiger partial charge in [-0.2, -0.15) is 0 Å². The summed E-state index contributed by atoms with van der Waals surface area (Å²) in [6.45, 7) is 1.34. The SMILES string of the molecule is O=C([O-])N1CCC2(CC1)CC(c1ccc(C(F)F)nc1)CO2. The molecular weight excluding hydrogens is 294 g/mol. The molecule has 2 saturated heterocycles. The Morgan fingerprint density at radius 2 is 2.14 bits per heavy atom. The van der Waals surface area contributed by atoms with E-state index in [1.54, 1.807) is 6.07 Å². The maximum Gasteiger partial charge on any atom is 0.280 e. The number of carboxylic acid groups (broad SMARTS) is 1. The fourth-order valence-electron chi connectivity index (χ4n) is 3.29. The first kappa shape index (κ1) is 15.1. The van der Waals surface area contributed by atoms with Gasteiger partial charge in [0.2, 0.25) is 0 Å². The first-order valence-electron chi connectivity index (χ1n) is 7.33.